The Balaban J connectivity index is 2.11. The second-order valence-corrected chi connectivity index (χ2v) is 4.42. The maximum absolute atomic E-state index is 4.38. The molecular formula is C15H19N3. The maximum Gasteiger partial charge on any atom is 0.130 e. The van der Waals surface area contributed by atoms with E-state index in [1.807, 2.05) is 19.9 Å². The molecule has 0 bridgehead atoms. The van der Waals surface area contributed by atoms with Crippen LogP contribution in [0.1, 0.15) is 29.6 Å². The Hall–Kier alpha value is -1.90. The van der Waals surface area contributed by atoms with Crippen molar-refractivity contribution in [2.45, 2.75) is 33.7 Å². The van der Waals surface area contributed by atoms with E-state index in [-0.39, 0.29) is 0 Å². The molecule has 0 saturated heterocycles. The number of hydrogen-bond acceptors (Lipinski definition) is 3. The molecule has 0 amide bonds. The SMILES string of the molecule is CCc1ccccc1CNc1cc(C)nc(C)n1. The van der Waals surface area contributed by atoms with Gasteiger partial charge in [-0.3, -0.25) is 0 Å². The predicted octanol–water partition coefficient (Wildman–Crippen LogP) is 3.27. The van der Waals surface area contributed by atoms with Gasteiger partial charge < -0.3 is 5.32 Å². The van der Waals surface area contributed by atoms with Crippen molar-refractivity contribution in [3.8, 4) is 0 Å². The minimum atomic E-state index is 0.805. The lowest BCUT2D eigenvalue weighted by Gasteiger charge is -2.10. The van der Waals surface area contributed by atoms with Gasteiger partial charge in [0.25, 0.3) is 0 Å². The molecule has 2 aromatic rings. The van der Waals surface area contributed by atoms with Crippen LogP contribution < -0.4 is 5.32 Å². The highest BCUT2D eigenvalue weighted by atomic mass is 15.0. The first kappa shape index (κ1) is 12.6. The molecule has 0 saturated carbocycles. The molecule has 0 atom stereocenters. The van der Waals surface area contributed by atoms with Crippen molar-refractivity contribution in [1.29, 1.82) is 0 Å². The molecule has 18 heavy (non-hydrogen) atoms. The number of anilines is 1. The van der Waals surface area contributed by atoms with Gasteiger partial charge >= 0.3 is 0 Å². The van der Waals surface area contributed by atoms with Gasteiger partial charge in [-0.15, -0.1) is 0 Å². The quantitative estimate of drug-likeness (QED) is 0.892. The minimum absolute atomic E-state index is 0.805. The molecule has 0 radical (unpaired) electrons. The molecule has 0 aliphatic rings. The van der Waals surface area contributed by atoms with Gasteiger partial charge in [0.1, 0.15) is 11.6 Å². The minimum Gasteiger partial charge on any atom is -0.366 e. The standard InChI is InChI=1S/C15H19N3/c1-4-13-7-5-6-8-14(13)10-16-15-9-11(2)17-12(3)18-15/h5-9H,4,10H2,1-3H3,(H,16,17,18). The molecule has 3 heteroatoms. The smallest absolute Gasteiger partial charge is 0.130 e. The Morgan fingerprint density at radius 2 is 1.78 bits per heavy atom. The number of benzene rings is 1. The van der Waals surface area contributed by atoms with E-state index in [0.29, 0.717) is 0 Å². The van der Waals surface area contributed by atoms with Gasteiger partial charge in [-0.25, -0.2) is 9.97 Å². The number of aryl methyl sites for hydroxylation is 3. The van der Waals surface area contributed by atoms with Crippen molar-refractivity contribution >= 4 is 5.82 Å². The van der Waals surface area contributed by atoms with E-state index in [9.17, 15) is 0 Å². The van der Waals surface area contributed by atoms with Crippen LogP contribution in [0.15, 0.2) is 30.3 Å². The summed E-state index contributed by atoms with van der Waals surface area (Å²) in [6, 6.07) is 10.5. The van der Waals surface area contributed by atoms with Crippen LogP contribution in [0, 0.1) is 13.8 Å². The summed E-state index contributed by atoms with van der Waals surface area (Å²) in [5.41, 5.74) is 3.70. The normalized spacial score (nSPS) is 10.4. The molecule has 1 N–H and O–H groups in total. The fourth-order valence-corrected chi connectivity index (χ4v) is 2.07. The van der Waals surface area contributed by atoms with E-state index >= 15 is 0 Å². The number of nitrogens with zero attached hydrogens (tertiary/aromatic N) is 2. The molecule has 2 rings (SSSR count). The summed E-state index contributed by atoms with van der Waals surface area (Å²) in [6.45, 7) is 6.88. The van der Waals surface area contributed by atoms with Crippen LogP contribution in [0.2, 0.25) is 0 Å². The van der Waals surface area contributed by atoms with Gasteiger partial charge in [0.15, 0.2) is 0 Å². The third-order valence-corrected chi connectivity index (χ3v) is 2.93. The molecule has 1 aromatic heterocycles. The molecule has 0 aliphatic carbocycles. The van der Waals surface area contributed by atoms with Gasteiger partial charge in [-0.2, -0.15) is 0 Å². The van der Waals surface area contributed by atoms with Crippen molar-refractivity contribution in [1.82, 2.24) is 9.97 Å². The summed E-state index contributed by atoms with van der Waals surface area (Å²) >= 11 is 0. The Bertz CT molecular complexity index is 515. The Morgan fingerprint density at radius 1 is 1.06 bits per heavy atom. The van der Waals surface area contributed by atoms with E-state index in [1.54, 1.807) is 0 Å². The zero-order chi connectivity index (χ0) is 13.0. The molecule has 1 aromatic carbocycles. The fraction of sp³-hybridized carbons (Fsp3) is 0.333. The van der Waals surface area contributed by atoms with Crippen LogP contribution in [0.3, 0.4) is 0 Å². The highest BCUT2D eigenvalue weighted by Gasteiger charge is 2.01. The Morgan fingerprint density at radius 3 is 2.44 bits per heavy atom. The molecular weight excluding hydrogens is 222 g/mol. The van der Waals surface area contributed by atoms with Crippen molar-refractivity contribution in [2.24, 2.45) is 0 Å². The van der Waals surface area contributed by atoms with Crippen molar-refractivity contribution in [3.05, 3.63) is 53.0 Å². The zero-order valence-electron chi connectivity index (χ0n) is 11.2. The highest BCUT2D eigenvalue weighted by molar-refractivity contribution is 5.38. The first-order valence-electron chi connectivity index (χ1n) is 6.32. The van der Waals surface area contributed by atoms with Gasteiger partial charge in [0, 0.05) is 18.3 Å². The van der Waals surface area contributed by atoms with Crippen LogP contribution in [0.4, 0.5) is 5.82 Å². The average molecular weight is 241 g/mol. The van der Waals surface area contributed by atoms with Crippen LogP contribution in [-0.4, -0.2) is 9.97 Å². The largest absolute Gasteiger partial charge is 0.366 e. The van der Waals surface area contributed by atoms with E-state index in [2.05, 4.69) is 46.5 Å². The highest BCUT2D eigenvalue weighted by Crippen LogP contribution is 2.12. The molecule has 3 nitrogen and oxygen atoms in total. The topological polar surface area (TPSA) is 37.8 Å². The molecule has 0 aliphatic heterocycles. The van der Waals surface area contributed by atoms with Crippen LogP contribution in [0.5, 0.6) is 0 Å². The van der Waals surface area contributed by atoms with E-state index in [0.717, 1.165) is 30.3 Å². The summed E-state index contributed by atoms with van der Waals surface area (Å²) in [7, 11) is 0. The number of aromatic nitrogens is 2. The monoisotopic (exact) mass is 241 g/mol. The summed E-state index contributed by atoms with van der Waals surface area (Å²) < 4.78 is 0. The molecule has 94 valence electrons. The number of hydrogen-bond donors (Lipinski definition) is 1. The summed E-state index contributed by atoms with van der Waals surface area (Å²) in [6.07, 6.45) is 1.06. The second-order valence-electron chi connectivity index (χ2n) is 4.42. The second kappa shape index (κ2) is 5.63. The van der Waals surface area contributed by atoms with Crippen molar-refractivity contribution in [3.63, 3.8) is 0 Å². The van der Waals surface area contributed by atoms with E-state index in [4.69, 9.17) is 0 Å². The van der Waals surface area contributed by atoms with Gasteiger partial charge in [0.05, 0.1) is 0 Å². The summed E-state index contributed by atoms with van der Waals surface area (Å²) in [5, 5.41) is 3.37. The van der Waals surface area contributed by atoms with Gasteiger partial charge in [-0.1, -0.05) is 31.2 Å². The fourth-order valence-electron chi connectivity index (χ4n) is 2.07. The van der Waals surface area contributed by atoms with Crippen LogP contribution in [-0.2, 0) is 13.0 Å². The van der Waals surface area contributed by atoms with Crippen molar-refractivity contribution in [2.75, 3.05) is 5.32 Å². The first-order chi connectivity index (χ1) is 8.69. The number of nitrogens with one attached hydrogen (secondary N) is 1. The lowest BCUT2D eigenvalue weighted by molar-refractivity contribution is 0.981. The third-order valence-electron chi connectivity index (χ3n) is 2.93. The van der Waals surface area contributed by atoms with E-state index in [1.165, 1.54) is 11.1 Å². The molecule has 0 spiro atoms. The summed E-state index contributed by atoms with van der Waals surface area (Å²) in [5.74, 6) is 1.70. The van der Waals surface area contributed by atoms with Gasteiger partial charge in [0.2, 0.25) is 0 Å². The zero-order valence-corrected chi connectivity index (χ0v) is 11.2. The van der Waals surface area contributed by atoms with E-state index < -0.39 is 0 Å². The first-order valence-corrected chi connectivity index (χ1v) is 6.32. The van der Waals surface area contributed by atoms with Crippen molar-refractivity contribution < 1.29 is 0 Å². The maximum atomic E-state index is 4.38. The van der Waals surface area contributed by atoms with Gasteiger partial charge in [-0.05, 0) is 31.4 Å². The predicted molar refractivity (Wildman–Crippen MR) is 74.7 cm³/mol. The average Bonchev–Trinajstić information content (AvgIpc) is 2.35. The number of rotatable bonds is 4. The van der Waals surface area contributed by atoms with Crippen LogP contribution in [0.25, 0.3) is 0 Å². The third kappa shape index (κ3) is 3.06. The molecule has 1 heterocycles. The molecule has 0 unspecified atom stereocenters. The van der Waals surface area contributed by atoms with Crippen LogP contribution >= 0.6 is 0 Å². The lowest BCUT2D eigenvalue weighted by atomic mass is 10.1. The summed E-state index contributed by atoms with van der Waals surface area (Å²) in [4.78, 5) is 8.65. The Kier molecular flexibility index (Phi) is 3.92. The molecule has 0 fully saturated rings. The Labute approximate surface area is 108 Å². The lowest BCUT2D eigenvalue weighted by Crippen LogP contribution is -2.05.